The van der Waals surface area contributed by atoms with E-state index in [4.69, 9.17) is 118 Å². The van der Waals surface area contributed by atoms with Gasteiger partial charge in [-0.1, -0.05) is 99.5 Å². The first-order chi connectivity index (χ1) is 33.2. The van der Waals surface area contributed by atoms with E-state index in [-0.39, 0.29) is 116 Å². The monoisotopic (exact) mass is 850 g/mol. The highest BCUT2D eigenvalue weighted by Crippen LogP contribution is 2.39. The Bertz CT molecular complexity index is 4210. The van der Waals surface area contributed by atoms with E-state index < -0.39 is 0 Å². The predicted octanol–water partition coefficient (Wildman–Crippen LogP) is -1.04. The van der Waals surface area contributed by atoms with Crippen molar-refractivity contribution in [2.24, 2.45) is 0 Å². The molecule has 0 fully saturated rings. The number of furan rings is 2. The van der Waals surface area contributed by atoms with Gasteiger partial charge in [0.25, 0.3) is 0 Å². The van der Waals surface area contributed by atoms with Crippen molar-refractivity contribution >= 4 is 225 Å². The van der Waals surface area contributed by atoms with E-state index in [0.29, 0.717) is 16.7 Å². The Morgan fingerprint density at radius 3 is 1.62 bits per heavy atom. The van der Waals surface area contributed by atoms with Gasteiger partial charge in [0.1, 0.15) is 116 Å². The van der Waals surface area contributed by atoms with Crippen LogP contribution in [-0.4, -0.2) is 114 Å². The second-order valence-electron chi connectivity index (χ2n) is 17.0. The molecule has 290 valence electrons. The zero-order valence-electron chi connectivity index (χ0n) is 36.4. The molecule has 0 aliphatic rings. The van der Waals surface area contributed by atoms with Crippen LogP contribution in [0.3, 0.4) is 0 Å². The molecule has 0 saturated carbocycles. The van der Waals surface area contributed by atoms with Crippen molar-refractivity contribution in [1.82, 2.24) is 19.5 Å². The van der Waals surface area contributed by atoms with Crippen LogP contribution in [-0.2, 0) is 0 Å². The Labute approximate surface area is 411 Å². The van der Waals surface area contributed by atoms with Gasteiger partial charge in [0, 0.05) is 49.1 Å². The van der Waals surface area contributed by atoms with Gasteiger partial charge in [0.05, 0.1) is 16.6 Å². The molecule has 69 heavy (non-hydrogen) atoms. The van der Waals surface area contributed by atoms with Crippen LogP contribution in [0.25, 0.3) is 117 Å². The van der Waals surface area contributed by atoms with Crippen LogP contribution in [0.4, 0.5) is 0 Å². The average molecular weight is 848 g/mol. The van der Waals surface area contributed by atoms with Crippen molar-refractivity contribution in [3.05, 3.63) is 109 Å². The summed E-state index contributed by atoms with van der Waals surface area (Å²) in [6.07, 6.45) is 0. The minimum Gasteiger partial charge on any atom is -0.456 e. The SMILES string of the molecule is [B]c1c([B])c([B])c(-c2nc(-c3ccc4c(c3)oc3ccc(-n5c6ccccc6c6ccc(-c7ccccc7)cc65)cc34)nc(-c3c([B])c([B])c([B])c4c3oc3c([B])c([B])c([B])c([B])c34)n2)c([B])c1[B]. The molecule has 0 N–H and O–H groups in total. The molecule has 0 aliphatic carbocycles. The maximum absolute atomic E-state index is 6.80. The summed E-state index contributed by atoms with van der Waals surface area (Å²) >= 11 is 0. The van der Waals surface area contributed by atoms with E-state index in [1.54, 1.807) is 0 Å². The second-order valence-corrected chi connectivity index (χ2v) is 17.0. The molecule has 18 heteroatoms. The van der Waals surface area contributed by atoms with Crippen LogP contribution in [0.2, 0.25) is 0 Å². The summed E-state index contributed by atoms with van der Waals surface area (Å²) in [6, 6.07) is 37.1. The lowest BCUT2D eigenvalue weighted by atomic mass is 9.60. The van der Waals surface area contributed by atoms with Crippen molar-refractivity contribution in [2.45, 2.75) is 0 Å². The van der Waals surface area contributed by atoms with Gasteiger partial charge >= 0.3 is 0 Å². The number of hydrogen-bond donors (Lipinski definition) is 0. The summed E-state index contributed by atoms with van der Waals surface area (Å²) < 4.78 is 15.3. The molecule has 0 atom stereocenters. The topological polar surface area (TPSA) is 69.9 Å². The molecular weight excluding hydrogens is 830 g/mol. The highest BCUT2D eigenvalue weighted by molar-refractivity contribution is 6.70. The third-order valence-electron chi connectivity index (χ3n) is 13.2. The van der Waals surface area contributed by atoms with Crippen LogP contribution in [0.15, 0.2) is 118 Å². The molecule has 0 aliphatic heterocycles. The minimum absolute atomic E-state index is 0.00471. The van der Waals surface area contributed by atoms with Crippen LogP contribution in [0, 0.1) is 0 Å². The van der Waals surface area contributed by atoms with Gasteiger partial charge in [-0.25, -0.2) is 15.0 Å². The van der Waals surface area contributed by atoms with Gasteiger partial charge in [-0.3, -0.25) is 0 Å². The fourth-order valence-corrected chi connectivity index (χ4v) is 9.54. The number of benzene rings is 8. The number of nitrogens with zero attached hydrogens (tertiary/aromatic N) is 4. The standard InChI is InChI=1S/C51H18B12N4O2/c52-35-31-32-36(53)41(58)45(62)46(63)48(32)69-47(31)34(39(56)40(35)57)51-65-49(64-50(66-51)33-37(54)42(59)44(61)43(60)38(33)55)21-11-14-25-26-18-22(12-15-29(26)68-30(25)17-21)67-27-9-5-4-8-23(27)24-13-10-20(16-28(24)67)19-6-2-1-3-7-19/h1-18H. The molecule has 6 nitrogen and oxygen atoms in total. The molecule has 0 saturated heterocycles. The Balaban J connectivity index is 1.07. The van der Waals surface area contributed by atoms with Gasteiger partial charge in [0.15, 0.2) is 17.5 Å². The number of hydrogen-bond acceptors (Lipinski definition) is 5. The summed E-state index contributed by atoms with van der Waals surface area (Å²) in [5.41, 5.74) is 7.57. The first kappa shape index (κ1) is 43.2. The van der Waals surface area contributed by atoms with Gasteiger partial charge in [-0.15, -0.1) is 32.8 Å². The van der Waals surface area contributed by atoms with Crippen LogP contribution in [0.5, 0.6) is 0 Å². The van der Waals surface area contributed by atoms with E-state index in [2.05, 4.69) is 71.3 Å². The maximum Gasteiger partial charge on any atom is 0.167 e. The lowest BCUT2D eigenvalue weighted by Gasteiger charge is -2.21. The van der Waals surface area contributed by atoms with E-state index in [1.165, 1.54) is 0 Å². The summed E-state index contributed by atoms with van der Waals surface area (Å²) in [5.74, 6) is 0.0628. The molecular formula is C51H18B12N4O2. The number of para-hydroxylation sites is 1. The highest BCUT2D eigenvalue weighted by atomic mass is 16.3. The van der Waals surface area contributed by atoms with Crippen molar-refractivity contribution < 1.29 is 8.83 Å². The highest BCUT2D eigenvalue weighted by Gasteiger charge is 2.26. The quantitative estimate of drug-likeness (QED) is 0.208. The molecule has 12 aromatic rings. The first-order valence-corrected chi connectivity index (χ1v) is 21.5. The zero-order chi connectivity index (χ0) is 47.9. The number of rotatable bonds is 5. The lowest BCUT2D eigenvalue weighted by Crippen LogP contribution is -2.55. The normalized spacial score (nSPS) is 11.9. The molecule has 4 aromatic heterocycles. The molecule has 8 aromatic carbocycles. The molecule has 0 unspecified atom stereocenters. The average Bonchev–Trinajstić information content (AvgIpc) is 4.05. The fourth-order valence-electron chi connectivity index (χ4n) is 9.54. The molecule has 0 amide bonds. The van der Waals surface area contributed by atoms with Crippen molar-refractivity contribution in [3.8, 4) is 51.0 Å². The minimum atomic E-state index is -0.0370. The lowest BCUT2D eigenvalue weighted by molar-refractivity contribution is 0.669. The molecule has 0 bridgehead atoms. The molecule has 4 heterocycles. The number of fused-ring (bicyclic) bond motifs is 9. The number of aromatic nitrogens is 4. The Morgan fingerprint density at radius 1 is 0.333 bits per heavy atom. The van der Waals surface area contributed by atoms with Crippen LogP contribution >= 0.6 is 0 Å². The Hall–Kier alpha value is -7.05. The van der Waals surface area contributed by atoms with E-state index >= 15 is 0 Å². The van der Waals surface area contributed by atoms with Gasteiger partial charge < -0.3 is 13.4 Å². The molecule has 0 spiro atoms. The van der Waals surface area contributed by atoms with Crippen molar-refractivity contribution in [2.75, 3.05) is 0 Å². The summed E-state index contributed by atoms with van der Waals surface area (Å²) in [5, 5.41) is 4.55. The molecule has 12 rings (SSSR count). The first-order valence-electron chi connectivity index (χ1n) is 21.5. The third-order valence-corrected chi connectivity index (χ3v) is 13.2. The van der Waals surface area contributed by atoms with Crippen molar-refractivity contribution in [3.63, 3.8) is 0 Å². The second kappa shape index (κ2) is 15.7. The summed E-state index contributed by atoms with van der Waals surface area (Å²) in [7, 11) is 77.7. The Kier molecular flexibility index (Phi) is 9.87. The van der Waals surface area contributed by atoms with E-state index in [1.807, 2.05) is 42.5 Å². The van der Waals surface area contributed by atoms with Crippen LogP contribution in [0.1, 0.15) is 0 Å². The van der Waals surface area contributed by atoms with Crippen LogP contribution < -0.4 is 65.6 Å². The smallest absolute Gasteiger partial charge is 0.167 e. The largest absolute Gasteiger partial charge is 0.456 e. The van der Waals surface area contributed by atoms with Crippen molar-refractivity contribution in [1.29, 1.82) is 0 Å². The summed E-state index contributed by atoms with van der Waals surface area (Å²) in [6.45, 7) is 0. The third kappa shape index (κ3) is 6.33. The Morgan fingerprint density at radius 2 is 0.884 bits per heavy atom. The fraction of sp³-hybridized carbons (Fsp3) is 0. The molecule has 24 radical (unpaired) electrons. The van der Waals surface area contributed by atoms with E-state index in [9.17, 15) is 0 Å². The van der Waals surface area contributed by atoms with Gasteiger partial charge in [-0.2, -0.15) is 0 Å². The summed E-state index contributed by atoms with van der Waals surface area (Å²) in [4.78, 5) is 14.7. The van der Waals surface area contributed by atoms with E-state index in [0.717, 1.165) is 49.4 Å². The van der Waals surface area contributed by atoms with Gasteiger partial charge in [0.2, 0.25) is 0 Å². The van der Waals surface area contributed by atoms with Gasteiger partial charge in [-0.05, 0) is 53.6 Å². The zero-order valence-corrected chi connectivity index (χ0v) is 36.4. The predicted molar refractivity (Wildman–Crippen MR) is 295 cm³/mol. The maximum atomic E-state index is 6.80.